The molecule has 0 bridgehead atoms. The van der Waals surface area contributed by atoms with Gasteiger partial charge in [0, 0.05) is 32.6 Å². The Kier molecular flexibility index (Phi) is 8.98. The van der Waals surface area contributed by atoms with Gasteiger partial charge in [0.2, 0.25) is 11.7 Å². The Balaban J connectivity index is 1.26. The summed E-state index contributed by atoms with van der Waals surface area (Å²) >= 11 is 6.13. The third kappa shape index (κ3) is 6.24. The predicted octanol–water partition coefficient (Wildman–Crippen LogP) is 4.13. The molecular weight excluding hydrogens is 707 g/mol. The molecule has 7 rings (SSSR count). The fourth-order valence-electron chi connectivity index (χ4n) is 6.47. The van der Waals surface area contributed by atoms with Gasteiger partial charge in [-0.25, -0.2) is 9.97 Å². The van der Waals surface area contributed by atoms with E-state index in [1.807, 2.05) is 19.1 Å². The molecule has 18 heteroatoms. The second-order valence-electron chi connectivity index (χ2n) is 12.3. The molecule has 3 aromatic heterocycles. The van der Waals surface area contributed by atoms with Crippen molar-refractivity contribution in [2.45, 2.75) is 39.4 Å². The normalized spacial score (nSPS) is 14.4. The number of aromatic nitrogens is 6. The molecule has 1 fully saturated rings. The summed E-state index contributed by atoms with van der Waals surface area (Å²) in [6.07, 6.45) is -2.45. The number of nitrogens with zero attached hydrogens (tertiary/aromatic N) is 8. The first-order chi connectivity index (χ1) is 24.8. The molecule has 2 aliphatic rings. The van der Waals surface area contributed by atoms with Crippen molar-refractivity contribution in [2.24, 2.45) is 0 Å². The minimum Gasteiger partial charge on any atom is -0.504 e. The van der Waals surface area contributed by atoms with Crippen molar-refractivity contribution in [1.29, 1.82) is 0 Å². The van der Waals surface area contributed by atoms with Crippen LogP contribution < -0.4 is 20.5 Å². The molecule has 2 aliphatic heterocycles. The summed E-state index contributed by atoms with van der Waals surface area (Å²) in [7, 11) is 0. The molecule has 270 valence electrons. The summed E-state index contributed by atoms with van der Waals surface area (Å²) in [5.74, 6) is -0.559. The average molecular weight is 738 g/mol. The first-order valence-corrected chi connectivity index (χ1v) is 16.7. The number of para-hydroxylation sites is 1. The lowest BCUT2D eigenvalue weighted by atomic mass is 10.1. The zero-order chi connectivity index (χ0) is 36.9. The standard InChI is InChI=1S/C34H31ClF3N9O5/c1-3-24-27(44-10-12-45(13-11-44)31(50)26-28(49)18(2)39-17-40-26)32(51)47-33(42-30(43-47)21-6-4-5-19-9-14-52-29(19)21)46(24)16-25(48)41-23-8-7-20(15-22(23)35)34(36,37)38/h4-8,15,17,49H,3,9-14,16H2,1-2H3,(H,41,48). The number of alkyl halides is 3. The van der Waals surface area contributed by atoms with E-state index in [0.29, 0.717) is 30.0 Å². The number of piperazine rings is 1. The topological polar surface area (TPSA) is 160 Å². The molecule has 5 aromatic rings. The third-order valence-electron chi connectivity index (χ3n) is 9.08. The highest BCUT2D eigenvalue weighted by Crippen LogP contribution is 2.36. The highest BCUT2D eigenvalue weighted by atomic mass is 35.5. The lowest BCUT2D eigenvalue weighted by Gasteiger charge is -2.36. The van der Waals surface area contributed by atoms with Gasteiger partial charge in [-0.2, -0.15) is 22.7 Å². The second kappa shape index (κ2) is 13.4. The number of hydrogen-bond acceptors (Lipinski definition) is 10. The fourth-order valence-corrected chi connectivity index (χ4v) is 6.69. The molecule has 14 nitrogen and oxygen atoms in total. The van der Waals surface area contributed by atoms with Crippen LogP contribution in [0.25, 0.3) is 17.2 Å². The molecule has 0 unspecified atom stereocenters. The third-order valence-corrected chi connectivity index (χ3v) is 9.39. The maximum atomic E-state index is 14.3. The molecule has 0 aliphatic carbocycles. The quantitative estimate of drug-likeness (QED) is 0.249. The number of benzene rings is 2. The number of aryl methyl sites for hydroxylation is 1. The molecule has 0 spiro atoms. The van der Waals surface area contributed by atoms with Crippen LogP contribution in [0.15, 0.2) is 47.5 Å². The summed E-state index contributed by atoms with van der Waals surface area (Å²) in [5.41, 5.74) is 0.885. The molecule has 2 N–H and O–H groups in total. The zero-order valence-corrected chi connectivity index (χ0v) is 28.6. The molecular formula is C34H31ClF3N9O5. The van der Waals surface area contributed by atoms with Crippen molar-refractivity contribution in [2.75, 3.05) is 43.0 Å². The van der Waals surface area contributed by atoms with E-state index in [0.717, 1.165) is 28.3 Å². The van der Waals surface area contributed by atoms with Crippen molar-refractivity contribution < 1.29 is 32.6 Å². The number of amides is 2. The SMILES string of the molecule is CCc1c(N2CCN(C(=O)c3ncnc(C)c3O)CC2)c(=O)n2nc(-c3cccc4c3OCC4)nc2n1CC(=O)Nc1ccc(C(F)(F)F)cc1Cl. The van der Waals surface area contributed by atoms with Crippen molar-refractivity contribution >= 4 is 40.6 Å². The van der Waals surface area contributed by atoms with Gasteiger partial charge < -0.3 is 29.5 Å². The number of ether oxygens (including phenoxy) is 1. The van der Waals surface area contributed by atoms with Crippen molar-refractivity contribution in [3.63, 3.8) is 0 Å². The Bertz CT molecular complexity index is 2300. The van der Waals surface area contributed by atoms with Gasteiger partial charge in [-0.15, -0.1) is 5.10 Å². The van der Waals surface area contributed by atoms with Crippen LogP contribution in [0.4, 0.5) is 24.5 Å². The van der Waals surface area contributed by atoms with E-state index < -0.39 is 35.7 Å². The number of fused-ring (bicyclic) bond motifs is 2. The highest BCUT2D eigenvalue weighted by molar-refractivity contribution is 6.33. The molecule has 2 aromatic carbocycles. The minimum atomic E-state index is -4.62. The van der Waals surface area contributed by atoms with E-state index in [2.05, 4.69) is 20.4 Å². The summed E-state index contributed by atoms with van der Waals surface area (Å²) < 4.78 is 48.2. The van der Waals surface area contributed by atoms with Gasteiger partial charge in [0.05, 0.1) is 39.8 Å². The Morgan fingerprint density at radius 1 is 1.10 bits per heavy atom. The van der Waals surface area contributed by atoms with Crippen LogP contribution in [0.5, 0.6) is 11.5 Å². The van der Waals surface area contributed by atoms with E-state index in [9.17, 15) is 32.7 Å². The van der Waals surface area contributed by atoms with E-state index in [1.54, 1.807) is 22.5 Å². The maximum absolute atomic E-state index is 14.3. The fraction of sp³-hybridized carbons (Fsp3) is 0.324. The van der Waals surface area contributed by atoms with Gasteiger partial charge in [0.1, 0.15) is 24.3 Å². The van der Waals surface area contributed by atoms with Gasteiger partial charge in [-0.1, -0.05) is 30.7 Å². The number of carbonyl (C=O) groups excluding carboxylic acids is 2. The van der Waals surface area contributed by atoms with E-state index in [1.165, 1.54) is 11.2 Å². The number of halogens is 4. The van der Waals surface area contributed by atoms with Crippen LogP contribution >= 0.6 is 11.6 Å². The number of aromatic hydroxyl groups is 1. The summed E-state index contributed by atoms with van der Waals surface area (Å²) in [6.45, 7) is 4.27. The van der Waals surface area contributed by atoms with Gasteiger partial charge in [-0.05, 0) is 43.2 Å². The first kappa shape index (κ1) is 34.7. The highest BCUT2D eigenvalue weighted by Gasteiger charge is 2.33. The molecule has 0 radical (unpaired) electrons. The van der Waals surface area contributed by atoms with Crippen LogP contribution in [0, 0.1) is 6.92 Å². The second-order valence-corrected chi connectivity index (χ2v) is 12.7. The molecule has 52 heavy (non-hydrogen) atoms. The van der Waals surface area contributed by atoms with Gasteiger partial charge >= 0.3 is 6.18 Å². The molecule has 0 atom stereocenters. The monoisotopic (exact) mass is 737 g/mol. The van der Waals surface area contributed by atoms with E-state index in [4.69, 9.17) is 21.3 Å². The molecule has 2 amide bonds. The van der Waals surface area contributed by atoms with E-state index in [-0.39, 0.29) is 77.7 Å². The van der Waals surface area contributed by atoms with Crippen LogP contribution in [0.1, 0.15) is 39.9 Å². The van der Waals surface area contributed by atoms with Crippen LogP contribution in [0.2, 0.25) is 5.02 Å². The minimum absolute atomic E-state index is 0.0279. The zero-order valence-electron chi connectivity index (χ0n) is 27.9. The summed E-state index contributed by atoms with van der Waals surface area (Å²) in [4.78, 5) is 57.1. The number of rotatable bonds is 7. The van der Waals surface area contributed by atoms with Crippen LogP contribution in [0.3, 0.4) is 0 Å². The van der Waals surface area contributed by atoms with Crippen LogP contribution in [-0.2, 0) is 30.4 Å². The average Bonchev–Trinajstić information content (AvgIpc) is 3.79. The van der Waals surface area contributed by atoms with Crippen molar-refractivity contribution in [1.82, 2.24) is 34.0 Å². The van der Waals surface area contributed by atoms with Crippen LogP contribution in [-0.4, -0.2) is 83.7 Å². The summed E-state index contributed by atoms with van der Waals surface area (Å²) in [5, 5.41) is 17.3. The van der Waals surface area contributed by atoms with Gasteiger partial charge in [-0.3, -0.25) is 14.4 Å². The predicted molar refractivity (Wildman–Crippen MR) is 183 cm³/mol. The smallest absolute Gasteiger partial charge is 0.416 e. The van der Waals surface area contributed by atoms with Gasteiger partial charge in [0.25, 0.3) is 11.5 Å². The molecule has 5 heterocycles. The number of anilines is 2. The Morgan fingerprint density at radius 2 is 1.87 bits per heavy atom. The lowest BCUT2D eigenvalue weighted by Crippen LogP contribution is -2.51. The van der Waals surface area contributed by atoms with E-state index >= 15 is 0 Å². The van der Waals surface area contributed by atoms with Crippen molar-refractivity contribution in [3.05, 3.63) is 86.3 Å². The Morgan fingerprint density at radius 3 is 2.58 bits per heavy atom. The number of hydrogen-bond donors (Lipinski definition) is 2. The molecule has 0 saturated carbocycles. The molecule has 1 saturated heterocycles. The lowest BCUT2D eigenvalue weighted by molar-refractivity contribution is -0.137. The van der Waals surface area contributed by atoms with Crippen molar-refractivity contribution in [3.8, 4) is 22.9 Å². The maximum Gasteiger partial charge on any atom is 0.416 e. The number of carbonyl (C=O) groups is 2. The number of nitrogens with one attached hydrogen (secondary N) is 1. The first-order valence-electron chi connectivity index (χ1n) is 16.3. The Hall–Kier alpha value is -5.71. The van der Waals surface area contributed by atoms with Gasteiger partial charge in [0.15, 0.2) is 17.3 Å². The Labute approximate surface area is 298 Å². The largest absolute Gasteiger partial charge is 0.504 e. The summed E-state index contributed by atoms with van der Waals surface area (Å²) in [6, 6.07) is 8.17.